The molecule has 48 valence electrons. The molecule has 0 aromatic carbocycles. The summed E-state index contributed by atoms with van der Waals surface area (Å²) in [5.74, 6) is 6.10. The van der Waals surface area contributed by atoms with Gasteiger partial charge in [0.05, 0.1) is 6.54 Å². The molecule has 0 saturated heterocycles. The molecule has 1 heterocycles. The van der Waals surface area contributed by atoms with Crippen LogP contribution in [-0.4, -0.2) is 17.5 Å². The van der Waals surface area contributed by atoms with E-state index in [0.717, 1.165) is 17.5 Å². The molecular formula is C3H8IN3S. The van der Waals surface area contributed by atoms with E-state index in [9.17, 15) is 0 Å². The number of nitrogens with two attached hydrogens (primary N) is 1. The van der Waals surface area contributed by atoms with Crippen molar-refractivity contribution in [3.05, 3.63) is 0 Å². The van der Waals surface area contributed by atoms with Crippen LogP contribution >= 0.6 is 35.7 Å². The highest BCUT2D eigenvalue weighted by molar-refractivity contribution is 14.0. The van der Waals surface area contributed by atoms with Crippen LogP contribution in [-0.2, 0) is 0 Å². The molecule has 0 aromatic heterocycles. The summed E-state index contributed by atoms with van der Waals surface area (Å²) in [6.07, 6.45) is 0. The van der Waals surface area contributed by atoms with Crippen molar-refractivity contribution < 1.29 is 0 Å². The molecule has 3 nitrogen and oxygen atoms in total. The van der Waals surface area contributed by atoms with Crippen molar-refractivity contribution in [2.45, 2.75) is 0 Å². The van der Waals surface area contributed by atoms with Gasteiger partial charge in [-0.3, -0.25) is 4.99 Å². The van der Waals surface area contributed by atoms with Crippen LogP contribution in [0.15, 0.2) is 4.99 Å². The van der Waals surface area contributed by atoms with E-state index in [4.69, 9.17) is 5.84 Å². The van der Waals surface area contributed by atoms with Gasteiger partial charge in [-0.25, -0.2) is 5.84 Å². The minimum atomic E-state index is 0. The first-order chi connectivity index (χ1) is 3.43. The smallest absolute Gasteiger partial charge is 0.170 e. The van der Waals surface area contributed by atoms with Crippen molar-refractivity contribution in [1.29, 1.82) is 0 Å². The number of hydrogen-bond donors (Lipinski definition) is 2. The number of hydrogen-bond acceptors (Lipinski definition) is 4. The third-order valence-electron chi connectivity index (χ3n) is 0.709. The van der Waals surface area contributed by atoms with Crippen LogP contribution in [0.4, 0.5) is 0 Å². The van der Waals surface area contributed by atoms with E-state index >= 15 is 0 Å². The zero-order valence-corrected chi connectivity index (χ0v) is 7.40. The van der Waals surface area contributed by atoms with Crippen molar-refractivity contribution in [2.24, 2.45) is 10.8 Å². The van der Waals surface area contributed by atoms with Crippen molar-refractivity contribution in [2.75, 3.05) is 12.3 Å². The molecule has 0 bridgehead atoms. The Morgan fingerprint density at radius 1 is 1.75 bits per heavy atom. The van der Waals surface area contributed by atoms with Gasteiger partial charge >= 0.3 is 0 Å². The van der Waals surface area contributed by atoms with Crippen molar-refractivity contribution in [1.82, 2.24) is 5.43 Å². The van der Waals surface area contributed by atoms with E-state index in [-0.39, 0.29) is 24.0 Å². The number of halogens is 1. The first-order valence-electron chi connectivity index (χ1n) is 2.07. The third kappa shape index (κ3) is 2.19. The molecule has 5 heteroatoms. The summed E-state index contributed by atoms with van der Waals surface area (Å²) in [7, 11) is 0. The summed E-state index contributed by atoms with van der Waals surface area (Å²) in [4.78, 5) is 4.00. The zero-order valence-electron chi connectivity index (χ0n) is 4.26. The van der Waals surface area contributed by atoms with Crippen LogP contribution in [0, 0.1) is 0 Å². The van der Waals surface area contributed by atoms with Gasteiger partial charge in [0.2, 0.25) is 0 Å². The molecule has 0 unspecified atom stereocenters. The highest BCUT2D eigenvalue weighted by Gasteiger charge is 2.01. The molecule has 0 atom stereocenters. The Kier molecular flexibility index (Phi) is 4.68. The molecule has 3 N–H and O–H groups in total. The molecule has 0 spiro atoms. The molecule has 0 fully saturated rings. The third-order valence-corrected chi connectivity index (χ3v) is 1.62. The van der Waals surface area contributed by atoms with E-state index in [1.807, 2.05) is 0 Å². The fourth-order valence-electron chi connectivity index (χ4n) is 0.422. The zero-order chi connectivity index (χ0) is 5.11. The summed E-state index contributed by atoms with van der Waals surface area (Å²) in [5.41, 5.74) is 2.48. The van der Waals surface area contributed by atoms with Crippen LogP contribution in [0.5, 0.6) is 0 Å². The molecule has 0 saturated carbocycles. The van der Waals surface area contributed by atoms with Gasteiger partial charge in [0.1, 0.15) is 0 Å². The minimum absolute atomic E-state index is 0. The van der Waals surface area contributed by atoms with Gasteiger partial charge in [0.25, 0.3) is 0 Å². The van der Waals surface area contributed by atoms with Crippen LogP contribution in [0.25, 0.3) is 0 Å². The fourth-order valence-corrected chi connectivity index (χ4v) is 1.06. The number of nitrogens with one attached hydrogen (secondary N) is 1. The number of thioether (sulfide) groups is 1. The minimum Gasteiger partial charge on any atom is -0.303 e. The van der Waals surface area contributed by atoms with E-state index < -0.39 is 0 Å². The predicted molar refractivity (Wildman–Crippen MR) is 47.5 cm³/mol. The van der Waals surface area contributed by atoms with Gasteiger partial charge < -0.3 is 5.43 Å². The molecule has 0 aliphatic carbocycles. The number of hydrazine groups is 1. The number of nitrogens with zero attached hydrogens (tertiary/aromatic N) is 1. The first-order valence-corrected chi connectivity index (χ1v) is 3.06. The second-order valence-electron chi connectivity index (χ2n) is 1.18. The van der Waals surface area contributed by atoms with Crippen LogP contribution in [0.2, 0.25) is 0 Å². The van der Waals surface area contributed by atoms with Crippen molar-refractivity contribution in [3.63, 3.8) is 0 Å². The lowest BCUT2D eigenvalue weighted by Gasteiger charge is -1.90. The summed E-state index contributed by atoms with van der Waals surface area (Å²) in [6, 6.07) is 0. The van der Waals surface area contributed by atoms with Crippen LogP contribution < -0.4 is 11.3 Å². The highest BCUT2D eigenvalue weighted by Crippen LogP contribution is 2.06. The van der Waals surface area contributed by atoms with Crippen molar-refractivity contribution >= 4 is 40.9 Å². The quantitative estimate of drug-likeness (QED) is 0.363. The largest absolute Gasteiger partial charge is 0.303 e. The highest BCUT2D eigenvalue weighted by atomic mass is 127. The summed E-state index contributed by atoms with van der Waals surface area (Å²) < 4.78 is 0. The van der Waals surface area contributed by atoms with Gasteiger partial charge in [-0.15, -0.1) is 24.0 Å². The van der Waals surface area contributed by atoms with E-state index in [2.05, 4.69) is 10.4 Å². The van der Waals surface area contributed by atoms with Gasteiger partial charge in [-0.05, 0) is 0 Å². The standard InChI is InChI=1S/C3H7N3S.HI/c4-6-3-5-1-2-7-3;/h1-2,4H2,(H,5,6);1H. The molecule has 8 heavy (non-hydrogen) atoms. The van der Waals surface area contributed by atoms with Gasteiger partial charge in [0.15, 0.2) is 5.17 Å². The fraction of sp³-hybridized carbons (Fsp3) is 0.667. The maximum Gasteiger partial charge on any atom is 0.170 e. The number of amidine groups is 1. The Morgan fingerprint density at radius 3 is 2.75 bits per heavy atom. The average molecular weight is 245 g/mol. The Hall–Kier alpha value is 0.510. The topological polar surface area (TPSA) is 50.4 Å². The van der Waals surface area contributed by atoms with E-state index in [1.165, 1.54) is 0 Å². The van der Waals surface area contributed by atoms with Crippen LogP contribution in [0.3, 0.4) is 0 Å². The molecule has 1 aliphatic rings. The molecule has 0 aromatic rings. The second-order valence-corrected chi connectivity index (χ2v) is 2.26. The second kappa shape index (κ2) is 4.39. The summed E-state index contributed by atoms with van der Waals surface area (Å²) in [6.45, 7) is 0.907. The molecular weight excluding hydrogens is 237 g/mol. The normalized spacial score (nSPS) is 16.9. The average Bonchev–Trinajstić information content (AvgIpc) is 2.14. The Labute approximate surface area is 69.5 Å². The Balaban J connectivity index is 0.000000490. The van der Waals surface area contributed by atoms with E-state index in [0.29, 0.717) is 0 Å². The van der Waals surface area contributed by atoms with Gasteiger partial charge in [-0.1, -0.05) is 11.8 Å². The molecule has 1 rings (SSSR count). The van der Waals surface area contributed by atoms with E-state index in [1.54, 1.807) is 11.8 Å². The lowest BCUT2D eigenvalue weighted by atomic mass is 10.8. The lowest BCUT2D eigenvalue weighted by molar-refractivity contribution is 1.03. The van der Waals surface area contributed by atoms with Crippen LogP contribution in [0.1, 0.15) is 0 Å². The Bertz CT molecular complexity index is 94.5. The first kappa shape index (κ1) is 8.51. The molecule has 1 aliphatic heterocycles. The maximum absolute atomic E-state index is 5.03. The van der Waals surface area contributed by atoms with Crippen molar-refractivity contribution in [3.8, 4) is 0 Å². The Morgan fingerprint density at radius 2 is 2.50 bits per heavy atom. The SMILES string of the molecule is I.NNC1=NCCS1. The summed E-state index contributed by atoms with van der Waals surface area (Å²) >= 11 is 1.66. The maximum atomic E-state index is 5.03. The molecule has 0 radical (unpaired) electrons. The molecule has 0 amide bonds. The van der Waals surface area contributed by atoms with Gasteiger partial charge in [-0.2, -0.15) is 0 Å². The lowest BCUT2D eigenvalue weighted by Crippen LogP contribution is -2.26. The van der Waals surface area contributed by atoms with Gasteiger partial charge in [0, 0.05) is 5.75 Å². The number of rotatable bonds is 0. The summed E-state index contributed by atoms with van der Waals surface area (Å²) in [5, 5.41) is 0.861. The number of aliphatic imine (C=N–C) groups is 1. The monoisotopic (exact) mass is 245 g/mol. The predicted octanol–water partition coefficient (Wildman–Crippen LogP) is 0.170.